The van der Waals surface area contributed by atoms with E-state index in [4.69, 9.17) is 10.5 Å². The van der Waals surface area contributed by atoms with Crippen molar-refractivity contribution in [2.45, 2.75) is 0 Å². The number of primary amides is 1. The first-order valence-electron chi connectivity index (χ1n) is 7.67. The second-order valence-corrected chi connectivity index (χ2v) is 5.55. The summed E-state index contributed by atoms with van der Waals surface area (Å²) in [7, 11) is 1.53. The van der Waals surface area contributed by atoms with Crippen molar-refractivity contribution in [2.24, 2.45) is 5.73 Å². The van der Waals surface area contributed by atoms with Crippen molar-refractivity contribution in [3.05, 3.63) is 48.0 Å². The Balaban J connectivity index is 1.76. The molecule has 2 heterocycles. The molecule has 1 aliphatic rings. The fourth-order valence-electron chi connectivity index (χ4n) is 2.95. The van der Waals surface area contributed by atoms with Crippen molar-refractivity contribution >= 4 is 17.3 Å². The van der Waals surface area contributed by atoms with Gasteiger partial charge in [0.05, 0.1) is 24.0 Å². The molecule has 1 fully saturated rings. The van der Waals surface area contributed by atoms with Gasteiger partial charge in [-0.2, -0.15) is 0 Å². The minimum absolute atomic E-state index is 0.322. The monoisotopic (exact) mass is 330 g/mol. The van der Waals surface area contributed by atoms with Gasteiger partial charge < -0.3 is 20.3 Å². The maximum Gasteiger partial charge on any atom is 0.252 e. The van der Waals surface area contributed by atoms with Crippen molar-refractivity contribution in [3.63, 3.8) is 0 Å². The summed E-state index contributed by atoms with van der Waals surface area (Å²) in [4.78, 5) is 19.8. The largest absolute Gasteiger partial charge is 0.494 e. The number of hydrogen-bond acceptors (Lipinski definition) is 5. The molecule has 2 aromatic rings. The fraction of sp³-hybridized carbons (Fsp3) is 0.294. The molecule has 126 valence electrons. The number of rotatable bonds is 4. The number of methoxy groups -OCH3 is 1. The predicted molar refractivity (Wildman–Crippen MR) is 90.1 cm³/mol. The molecular weight excluding hydrogens is 311 g/mol. The van der Waals surface area contributed by atoms with Crippen LogP contribution in [0, 0.1) is 5.82 Å². The third-order valence-electron chi connectivity index (χ3n) is 4.17. The number of pyridine rings is 1. The Kier molecular flexibility index (Phi) is 4.50. The summed E-state index contributed by atoms with van der Waals surface area (Å²) in [5.41, 5.74) is 7.50. The van der Waals surface area contributed by atoms with Crippen molar-refractivity contribution in [3.8, 4) is 5.75 Å². The van der Waals surface area contributed by atoms with Crippen LogP contribution in [0.5, 0.6) is 5.75 Å². The van der Waals surface area contributed by atoms with Crippen LogP contribution in [0.4, 0.5) is 15.8 Å². The van der Waals surface area contributed by atoms with Crippen LogP contribution in [0.1, 0.15) is 10.4 Å². The fourth-order valence-corrected chi connectivity index (χ4v) is 2.95. The Labute approximate surface area is 139 Å². The van der Waals surface area contributed by atoms with Gasteiger partial charge in [-0.05, 0) is 18.2 Å². The lowest BCUT2D eigenvalue weighted by molar-refractivity contribution is 0.100. The summed E-state index contributed by atoms with van der Waals surface area (Å²) in [6.07, 6.45) is 3.14. The van der Waals surface area contributed by atoms with E-state index in [9.17, 15) is 9.18 Å². The topological polar surface area (TPSA) is 71.7 Å². The molecule has 1 aromatic carbocycles. The molecule has 2 N–H and O–H groups in total. The summed E-state index contributed by atoms with van der Waals surface area (Å²) in [5.74, 6) is -0.289. The van der Waals surface area contributed by atoms with E-state index in [2.05, 4.69) is 14.8 Å². The molecule has 3 rings (SSSR count). The van der Waals surface area contributed by atoms with Crippen LogP contribution < -0.4 is 20.3 Å². The van der Waals surface area contributed by atoms with E-state index in [1.54, 1.807) is 18.3 Å². The lowest BCUT2D eigenvalue weighted by Gasteiger charge is -2.38. The highest BCUT2D eigenvalue weighted by molar-refractivity contribution is 5.98. The Morgan fingerprint density at radius 1 is 1.17 bits per heavy atom. The normalized spacial score (nSPS) is 14.6. The zero-order chi connectivity index (χ0) is 17.1. The van der Waals surface area contributed by atoms with Crippen LogP contribution in [-0.2, 0) is 0 Å². The average molecular weight is 330 g/mol. The van der Waals surface area contributed by atoms with E-state index in [1.807, 2.05) is 0 Å². The number of piperazine rings is 1. The van der Waals surface area contributed by atoms with Crippen LogP contribution in [0.3, 0.4) is 0 Å². The standard InChI is InChI=1S/C17H19FN4O2/c1-24-16-10-12(18)2-3-15(16)22-8-6-21(7-9-22)14-4-5-20-11-13(14)17(19)23/h2-5,10-11H,6-9H2,1H3,(H2,19,23). The zero-order valence-corrected chi connectivity index (χ0v) is 13.4. The van der Waals surface area contributed by atoms with Gasteiger partial charge >= 0.3 is 0 Å². The Morgan fingerprint density at radius 2 is 1.83 bits per heavy atom. The Morgan fingerprint density at radius 3 is 2.46 bits per heavy atom. The highest BCUT2D eigenvalue weighted by atomic mass is 19.1. The van der Waals surface area contributed by atoms with Crippen LogP contribution in [0.15, 0.2) is 36.7 Å². The number of anilines is 2. The molecule has 1 aromatic heterocycles. The van der Waals surface area contributed by atoms with E-state index in [1.165, 1.54) is 25.4 Å². The molecule has 0 unspecified atom stereocenters. The number of amides is 1. The third kappa shape index (κ3) is 3.10. The number of carbonyl (C=O) groups excluding carboxylic acids is 1. The smallest absolute Gasteiger partial charge is 0.252 e. The van der Waals surface area contributed by atoms with Gasteiger partial charge in [-0.15, -0.1) is 0 Å². The Hall–Kier alpha value is -2.83. The van der Waals surface area contributed by atoms with Gasteiger partial charge in [-0.1, -0.05) is 0 Å². The highest BCUT2D eigenvalue weighted by Gasteiger charge is 2.22. The quantitative estimate of drug-likeness (QED) is 0.923. The molecule has 24 heavy (non-hydrogen) atoms. The van der Waals surface area contributed by atoms with Crippen LogP contribution in [-0.4, -0.2) is 44.2 Å². The number of aromatic nitrogens is 1. The van der Waals surface area contributed by atoms with Gasteiger partial charge in [0.1, 0.15) is 11.6 Å². The third-order valence-corrected chi connectivity index (χ3v) is 4.17. The Bertz CT molecular complexity index is 745. The molecule has 6 nitrogen and oxygen atoms in total. The minimum Gasteiger partial charge on any atom is -0.494 e. The van der Waals surface area contributed by atoms with Gasteiger partial charge in [0.25, 0.3) is 5.91 Å². The van der Waals surface area contributed by atoms with Crippen LogP contribution in [0.25, 0.3) is 0 Å². The second kappa shape index (κ2) is 6.74. The molecule has 0 spiro atoms. The molecule has 0 radical (unpaired) electrons. The number of hydrogen-bond donors (Lipinski definition) is 1. The van der Waals surface area contributed by atoms with E-state index in [0.29, 0.717) is 24.4 Å². The van der Waals surface area contributed by atoms with E-state index in [0.717, 1.165) is 24.5 Å². The molecule has 0 aliphatic carbocycles. The summed E-state index contributed by atoms with van der Waals surface area (Å²) in [6, 6.07) is 6.34. The number of halogens is 1. The molecule has 0 atom stereocenters. The minimum atomic E-state index is -0.485. The summed E-state index contributed by atoms with van der Waals surface area (Å²) >= 11 is 0. The maximum atomic E-state index is 13.3. The van der Waals surface area contributed by atoms with Crippen molar-refractivity contribution in [1.82, 2.24) is 4.98 Å². The molecule has 0 saturated carbocycles. The number of nitrogens with two attached hydrogens (primary N) is 1. The van der Waals surface area contributed by atoms with Crippen molar-refractivity contribution < 1.29 is 13.9 Å². The summed E-state index contributed by atoms with van der Waals surface area (Å²) < 4.78 is 18.6. The molecule has 7 heteroatoms. The SMILES string of the molecule is COc1cc(F)ccc1N1CCN(c2ccncc2C(N)=O)CC1. The van der Waals surface area contributed by atoms with Gasteiger partial charge in [-0.3, -0.25) is 9.78 Å². The zero-order valence-electron chi connectivity index (χ0n) is 13.4. The number of nitrogens with zero attached hydrogens (tertiary/aromatic N) is 3. The van der Waals surface area contributed by atoms with Gasteiger partial charge in [0, 0.05) is 44.6 Å². The first-order valence-corrected chi connectivity index (χ1v) is 7.67. The molecule has 1 saturated heterocycles. The van der Waals surface area contributed by atoms with Gasteiger partial charge in [0.2, 0.25) is 0 Å². The average Bonchev–Trinajstić information content (AvgIpc) is 2.61. The van der Waals surface area contributed by atoms with Gasteiger partial charge in [0.15, 0.2) is 0 Å². The predicted octanol–water partition coefficient (Wildman–Crippen LogP) is 1.65. The van der Waals surface area contributed by atoms with E-state index < -0.39 is 5.91 Å². The maximum absolute atomic E-state index is 13.3. The van der Waals surface area contributed by atoms with E-state index >= 15 is 0 Å². The van der Waals surface area contributed by atoms with Crippen LogP contribution in [0.2, 0.25) is 0 Å². The second-order valence-electron chi connectivity index (χ2n) is 5.55. The van der Waals surface area contributed by atoms with E-state index in [-0.39, 0.29) is 5.82 Å². The molecule has 1 amide bonds. The number of ether oxygens (including phenoxy) is 1. The summed E-state index contributed by atoms with van der Waals surface area (Å²) in [6.45, 7) is 2.88. The number of carbonyl (C=O) groups is 1. The highest BCUT2D eigenvalue weighted by Crippen LogP contribution is 2.30. The van der Waals surface area contributed by atoms with Crippen molar-refractivity contribution in [2.75, 3.05) is 43.1 Å². The number of benzene rings is 1. The van der Waals surface area contributed by atoms with Crippen molar-refractivity contribution in [1.29, 1.82) is 0 Å². The summed E-state index contributed by atoms with van der Waals surface area (Å²) in [5, 5.41) is 0. The molecule has 1 aliphatic heterocycles. The first kappa shape index (κ1) is 16.0. The van der Waals surface area contributed by atoms with Gasteiger partial charge in [-0.25, -0.2) is 4.39 Å². The molecule has 0 bridgehead atoms. The molecular formula is C17H19FN4O2. The first-order chi connectivity index (χ1) is 11.6. The van der Waals surface area contributed by atoms with Crippen LogP contribution >= 0.6 is 0 Å². The lowest BCUT2D eigenvalue weighted by atomic mass is 10.1. The lowest BCUT2D eigenvalue weighted by Crippen LogP contribution is -2.47.